The lowest BCUT2D eigenvalue weighted by atomic mass is 9.95. The third kappa shape index (κ3) is 7.70. The lowest BCUT2D eigenvalue weighted by Crippen LogP contribution is -2.48. The van der Waals surface area contributed by atoms with Crippen LogP contribution in [0, 0.1) is 0 Å². The first-order chi connectivity index (χ1) is 20.4. The molecule has 0 saturated heterocycles. The van der Waals surface area contributed by atoms with Crippen LogP contribution in [0.1, 0.15) is 43.0 Å². The van der Waals surface area contributed by atoms with Gasteiger partial charge in [-0.05, 0) is 60.7 Å². The van der Waals surface area contributed by atoms with Crippen LogP contribution >= 0.6 is 27.3 Å². The van der Waals surface area contributed by atoms with Gasteiger partial charge >= 0.3 is 0 Å². The topological polar surface area (TPSA) is 108 Å². The molecule has 1 aliphatic rings. The van der Waals surface area contributed by atoms with Gasteiger partial charge in [-0.1, -0.05) is 59.5 Å². The highest BCUT2D eigenvalue weighted by molar-refractivity contribution is 9.10. The van der Waals surface area contributed by atoms with E-state index in [-0.39, 0.29) is 17.7 Å². The number of hydrogen-bond acceptors (Lipinski definition) is 6. The summed E-state index contributed by atoms with van der Waals surface area (Å²) < 4.78 is 14.0. The van der Waals surface area contributed by atoms with Gasteiger partial charge in [-0.25, -0.2) is 0 Å². The molecule has 2 aromatic carbocycles. The van der Waals surface area contributed by atoms with E-state index in [9.17, 15) is 18.6 Å². The minimum absolute atomic E-state index is 0.0387. The van der Waals surface area contributed by atoms with Crippen molar-refractivity contribution in [2.45, 2.75) is 44.2 Å². The van der Waals surface area contributed by atoms with E-state index in [0.717, 1.165) is 47.5 Å². The van der Waals surface area contributed by atoms with Gasteiger partial charge in [0.1, 0.15) is 17.5 Å². The summed E-state index contributed by atoms with van der Waals surface area (Å²) in [5, 5.41) is 8.56. The van der Waals surface area contributed by atoms with Gasteiger partial charge in [0.15, 0.2) is 0 Å². The molecule has 1 fully saturated rings. The molecule has 42 heavy (non-hydrogen) atoms. The van der Waals surface area contributed by atoms with Crippen molar-refractivity contribution in [1.82, 2.24) is 10.3 Å². The molecule has 0 aliphatic heterocycles. The average Bonchev–Trinajstić information content (AvgIpc) is 3.51. The molecule has 1 aliphatic carbocycles. The van der Waals surface area contributed by atoms with Gasteiger partial charge in [0.2, 0.25) is 17.7 Å². The predicted molar refractivity (Wildman–Crippen MR) is 172 cm³/mol. The van der Waals surface area contributed by atoms with Crippen LogP contribution in [0.15, 0.2) is 82.8 Å². The fraction of sp³-hybridized carbons (Fsp3) is 0.290. The van der Waals surface area contributed by atoms with Crippen molar-refractivity contribution < 1.29 is 18.6 Å². The van der Waals surface area contributed by atoms with Crippen LogP contribution in [0.5, 0.6) is 0 Å². The molecular weight excluding hydrogens is 636 g/mol. The van der Waals surface area contributed by atoms with Crippen LogP contribution in [-0.4, -0.2) is 44.5 Å². The fourth-order valence-electron chi connectivity index (χ4n) is 5.11. The van der Waals surface area contributed by atoms with Gasteiger partial charge in [0.25, 0.3) is 0 Å². The van der Waals surface area contributed by atoms with Crippen molar-refractivity contribution >= 4 is 78.1 Å². The largest absolute Gasteiger partial charge is 0.351 e. The predicted octanol–water partition coefficient (Wildman–Crippen LogP) is 5.97. The second-order valence-electron chi connectivity index (χ2n) is 10.2. The molecule has 2 aromatic heterocycles. The number of carbonyl (C=O) groups excluding carboxylic acids is 3. The SMILES string of the molecule is O=C(C[S@@](=O)CC(=O)N(c1cnc2ccccc2c1)[C@H](C(=O)NC1CCCCC1)c1cccs1)Nc1ccc(Br)cc1. The van der Waals surface area contributed by atoms with Crippen LogP contribution in [0.2, 0.25) is 0 Å². The van der Waals surface area contributed by atoms with Gasteiger partial charge in [-0.3, -0.25) is 28.5 Å². The number of thiophene rings is 1. The Bertz CT molecular complexity index is 1570. The molecule has 5 rings (SSSR count). The number of nitrogens with one attached hydrogen (secondary N) is 2. The van der Waals surface area contributed by atoms with Crippen LogP contribution in [0.3, 0.4) is 0 Å². The van der Waals surface area contributed by atoms with E-state index in [1.54, 1.807) is 30.5 Å². The molecule has 0 unspecified atom stereocenters. The molecular formula is C31H31BrN4O4S2. The number of hydrogen-bond donors (Lipinski definition) is 2. The van der Waals surface area contributed by atoms with Gasteiger partial charge in [-0.15, -0.1) is 11.3 Å². The number of halogens is 1. The summed E-state index contributed by atoms with van der Waals surface area (Å²) in [6, 6.07) is 19.1. The summed E-state index contributed by atoms with van der Waals surface area (Å²) in [6.45, 7) is 0. The lowest BCUT2D eigenvalue weighted by Gasteiger charge is -2.32. The number of fused-ring (bicyclic) bond motifs is 1. The zero-order valence-electron chi connectivity index (χ0n) is 22.8. The number of carbonyl (C=O) groups is 3. The number of para-hydroxylation sites is 1. The van der Waals surface area contributed by atoms with Crippen molar-refractivity contribution in [1.29, 1.82) is 0 Å². The minimum Gasteiger partial charge on any atom is -0.351 e. The standard InChI is InChI=1S/C31H31BrN4O4S2/c32-22-12-14-24(15-13-22)34-28(37)19-42(40)20-29(38)36(25-17-21-7-4-5-10-26(21)33-18-25)30(27-11-6-16-41-27)31(39)35-23-8-2-1-3-9-23/h4-7,10-18,23,30H,1-3,8-9,19-20H2,(H,34,37)(H,35,39)/t30-,42+/m0/s1. The summed E-state index contributed by atoms with van der Waals surface area (Å²) in [7, 11) is -1.82. The van der Waals surface area contributed by atoms with Crippen molar-refractivity contribution in [2.75, 3.05) is 21.7 Å². The maximum atomic E-state index is 14.0. The second-order valence-corrected chi connectivity index (χ2v) is 13.5. The minimum atomic E-state index is -1.82. The van der Waals surface area contributed by atoms with E-state index in [1.165, 1.54) is 16.2 Å². The molecule has 11 heteroatoms. The van der Waals surface area contributed by atoms with Crippen LogP contribution in [0.4, 0.5) is 11.4 Å². The number of pyridine rings is 1. The molecule has 0 bridgehead atoms. The molecule has 2 atom stereocenters. The van der Waals surface area contributed by atoms with Crippen molar-refractivity contribution in [2.24, 2.45) is 0 Å². The quantitative estimate of drug-likeness (QED) is 0.217. The van der Waals surface area contributed by atoms with Gasteiger partial charge in [0.05, 0.1) is 17.4 Å². The maximum Gasteiger partial charge on any atom is 0.248 e. The summed E-state index contributed by atoms with van der Waals surface area (Å²) in [5.74, 6) is -2.07. The Morgan fingerprint density at radius 1 is 1.00 bits per heavy atom. The summed E-state index contributed by atoms with van der Waals surface area (Å²) >= 11 is 4.73. The average molecular weight is 668 g/mol. The molecule has 0 spiro atoms. The summed E-state index contributed by atoms with van der Waals surface area (Å²) in [6.07, 6.45) is 6.60. The lowest BCUT2D eigenvalue weighted by molar-refractivity contribution is -0.126. The Hall–Kier alpha value is -3.41. The van der Waals surface area contributed by atoms with E-state index >= 15 is 0 Å². The Labute approximate surface area is 259 Å². The smallest absolute Gasteiger partial charge is 0.248 e. The van der Waals surface area contributed by atoms with Gasteiger partial charge in [-0.2, -0.15) is 0 Å². The van der Waals surface area contributed by atoms with Crippen LogP contribution < -0.4 is 15.5 Å². The maximum absolute atomic E-state index is 14.0. The highest BCUT2D eigenvalue weighted by atomic mass is 79.9. The molecule has 3 amide bonds. The first kappa shape index (κ1) is 30.1. The zero-order chi connectivity index (χ0) is 29.5. The molecule has 218 valence electrons. The number of rotatable bonds is 10. The second kappa shape index (κ2) is 14.2. The third-order valence-electron chi connectivity index (χ3n) is 7.10. The van der Waals surface area contributed by atoms with E-state index in [4.69, 9.17) is 0 Å². The Morgan fingerprint density at radius 2 is 1.76 bits per heavy atom. The van der Waals surface area contributed by atoms with E-state index in [1.807, 2.05) is 47.8 Å². The molecule has 8 nitrogen and oxygen atoms in total. The van der Waals surface area contributed by atoms with Gasteiger partial charge < -0.3 is 10.6 Å². The monoisotopic (exact) mass is 666 g/mol. The van der Waals surface area contributed by atoms with Crippen molar-refractivity contribution in [3.8, 4) is 0 Å². The van der Waals surface area contributed by atoms with E-state index in [0.29, 0.717) is 16.3 Å². The van der Waals surface area contributed by atoms with Crippen molar-refractivity contribution in [3.63, 3.8) is 0 Å². The first-order valence-electron chi connectivity index (χ1n) is 13.8. The third-order valence-corrected chi connectivity index (χ3v) is 9.70. The van der Waals surface area contributed by atoms with Gasteiger partial charge in [0, 0.05) is 37.3 Å². The van der Waals surface area contributed by atoms with Crippen molar-refractivity contribution in [3.05, 3.63) is 87.7 Å². The zero-order valence-corrected chi connectivity index (χ0v) is 26.1. The van der Waals surface area contributed by atoms with E-state index < -0.39 is 34.4 Å². The Balaban J connectivity index is 1.42. The Morgan fingerprint density at radius 3 is 2.50 bits per heavy atom. The van der Waals surface area contributed by atoms with E-state index in [2.05, 4.69) is 31.5 Å². The number of amides is 3. The summed E-state index contributed by atoms with van der Waals surface area (Å²) in [4.78, 5) is 47.1. The molecule has 1 saturated carbocycles. The first-order valence-corrected chi connectivity index (χ1v) is 16.9. The number of anilines is 2. The number of aromatic nitrogens is 1. The highest BCUT2D eigenvalue weighted by Crippen LogP contribution is 2.33. The number of benzene rings is 2. The Kier molecular flexibility index (Phi) is 10.1. The highest BCUT2D eigenvalue weighted by Gasteiger charge is 2.35. The number of nitrogens with zero attached hydrogens (tertiary/aromatic N) is 2. The normalized spacial score (nSPS) is 15.1. The van der Waals surface area contributed by atoms with Crippen LogP contribution in [0.25, 0.3) is 10.9 Å². The molecule has 4 aromatic rings. The molecule has 2 N–H and O–H groups in total. The molecule has 0 radical (unpaired) electrons. The van der Waals surface area contributed by atoms with Crippen LogP contribution in [-0.2, 0) is 25.2 Å². The fourth-order valence-corrected chi connectivity index (χ4v) is 7.07. The molecule has 2 heterocycles. The summed E-state index contributed by atoms with van der Waals surface area (Å²) in [5.41, 5.74) is 1.74.